The molecule has 0 unspecified atom stereocenters. The monoisotopic (exact) mass is 619 g/mol. The van der Waals surface area contributed by atoms with Gasteiger partial charge >= 0.3 is 12.2 Å². The molecule has 2 aliphatic rings. The average molecular weight is 620 g/mol. The topological polar surface area (TPSA) is 117 Å². The number of hydrogen-bond donors (Lipinski definition) is 2. The number of primary amides is 1. The molecular weight excluding hydrogens is 583 g/mol. The molecule has 232 valence electrons. The number of urea groups is 1. The van der Waals surface area contributed by atoms with Gasteiger partial charge < -0.3 is 15.5 Å². The molecule has 3 heterocycles. The highest BCUT2D eigenvalue weighted by Crippen LogP contribution is 2.34. The second-order valence-electron chi connectivity index (χ2n) is 11.1. The van der Waals surface area contributed by atoms with Gasteiger partial charge in [-0.25, -0.2) is 13.2 Å². The first-order valence-electron chi connectivity index (χ1n) is 14.2. The van der Waals surface area contributed by atoms with Gasteiger partial charge in [-0.3, -0.25) is 14.3 Å². The third-order valence-corrected chi connectivity index (χ3v) is 8.59. The minimum absolute atomic E-state index is 0.262. The Morgan fingerprint density at radius 1 is 1.02 bits per heavy atom. The van der Waals surface area contributed by atoms with Crippen LogP contribution >= 0.6 is 0 Å². The van der Waals surface area contributed by atoms with E-state index in [1.54, 1.807) is 6.07 Å². The number of alkyl halides is 3. The SMILES string of the molecule is Cc1cccc(NS(C)(=O)=O)c1N1CCN(CCCn2nc(-c3ccc(C(F)(F)F)cc3)c3c2CCN(C(N)=O)C3)CC1. The van der Waals surface area contributed by atoms with Crippen molar-refractivity contribution in [3.8, 4) is 11.3 Å². The Morgan fingerprint density at radius 3 is 2.35 bits per heavy atom. The predicted octanol–water partition coefficient (Wildman–Crippen LogP) is 3.90. The first-order chi connectivity index (χ1) is 20.3. The molecule has 0 aliphatic carbocycles. The first kappa shape index (κ1) is 30.7. The molecule has 14 heteroatoms. The van der Waals surface area contributed by atoms with Crippen LogP contribution in [0.1, 0.15) is 28.8 Å². The van der Waals surface area contributed by atoms with Crippen LogP contribution in [0.4, 0.5) is 29.3 Å². The molecule has 1 fully saturated rings. The number of para-hydroxylation sites is 1. The van der Waals surface area contributed by atoms with Gasteiger partial charge in [0.2, 0.25) is 10.0 Å². The molecule has 0 bridgehead atoms. The Labute approximate surface area is 249 Å². The lowest BCUT2D eigenvalue weighted by atomic mass is 10.00. The summed E-state index contributed by atoms with van der Waals surface area (Å²) in [5.74, 6) is 0. The normalized spacial score (nSPS) is 16.3. The summed E-state index contributed by atoms with van der Waals surface area (Å²) in [5, 5.41) is 4.80. The smallest absolute Gasteiger partial charge is 0.367 e. The van der Waals surface area contributed by atoms with E-state index in [1.807, 2.05) is 23.7 Å². The lowest BCUT2D eigenvalue weighted by Gasteiger charge is -2.37. The molecule has 3 N–H and O–H groups in total. The number of sulfonamides is 1. The van der Waals surface area contributed by atoms with E-state index in [-0.39, 0.29) is 6.54 Å². The third-order valence-electron chi connectivity index (χ3n) is 8.00. The summed E-state index contributed by atoms with van der Waals surface area (Å²) >= 11 is 0. The zero-order chi connectivity index (χ0) is 30.9. The fourth-order valence-corrected chi connectivity index (χ4v) is 6.48. The highest BCUT2D eigenvalue weighted by Gasteiger charge is 2.31. The molecule has 2 aliphatic heterocycles. The molecule has 2 aromatic carbocycles. The van der Waals surface area contributed by atoms with Gasteiger partial charge in [-0.2, -0.15) is 18.3 Å². The number of aromatic nitrogens is 2. The molecule has 10 nitrogen and oxygen atoms in total. The van der Waals surface area contributed by atoms with E-state index >= 15 is 0 Å². The number of amides is 2. The van der Waals surface area contributed by atoms with Crippen molar-refractivity contribution >= 4 is 27.4 Å². The van der Waals surface area contributed by atoms with Gasteiger partial charge in [-0.1, -0.05) is 24.3 Å². The number of nitrogens with two attached hydrogens (primary N) is 1. The number of carbonyl (C=O) groups excluding carboxylic acids is 1. The molecule has 2 amide bonds. The lowest BCUT2D eigenvalue weighted by Crippen LogP contribution is -2.47. The molecule has 0 spiro atoms. The van der Waals surface area contributed by atoms with E-state index in [0.29, 0.717) is 36.5 Å². The van der Waals surface area contributed by atoms with Crippen molar-refractivity contribution in [1.82, 2.24) is 19.6 Å². The zero-order valence-corrected chi connectivity index (χ0v) is 25.0. The number of anilines is 2. The number of halogens is 3. The van der Waals surface area contributed by atoms with Crippen LogP contribution in [0.15, 0.2) is 42.5 Å². The van der Waals surface area contributed by atoms with Crippen molar-refractivity contribution in [2.24, 2.45) is 5.73 Å². The maximum Gasteiger partial charge on any atom is 0.416 e. The van der Waals surface area contributed by atoms with Crippen molar-refractivity contribution < 1.29 is 26.4 Å². The van der Waals surface area contributed by atoms with E-state index in [4.69, 9.17) is 10.8 Å². The van der Waals surface area contributed by atoms with Crippen molar-refractivity contribution in [3.63, 3.8) is 0 Å². The van der Waals surface area contributed by atoms with Crippen LogP contribution in [0, 0.1) is 6.92 Å². The van der Waals surface area contributed by atoms with E-state index in [2.05, 4.69) is 14.5 Å². The van der Waals surface area contributed by atoms with Gasteiger partial charge in [-0.15, -0.1) is 0 Å². The lowest BCUT2D eigenvalue weighted by molar-refractivity contribution is -0.137. The van der Waals surface area contributed by atoms with E-state index in [0.717, 1.165) is 80.0 Å². The molecule has 1 saturated heterocycles. The van der Waals surface area contributed by atoms with Crippen molar-refractivity contribution in [3.05, 3.63) is 64.8 Å². The van der Waals surface area contributed by atoms with Crippen LogP contribution < -0.4 is 15.4 Å². The number of hydrogen-bond acceptors (Lipinski definition) is 6. The quantitative estimate of drug-likeness (QED) is 0.395. The second-order valence-corrected chi connectivity index (χ2v) is 12.9. The highest BCUT2D eigenvalue weighted by molar-refractivity contribution is 7.92. The standard InChI is InChI=1S/C29H36F3N7O3S/c1-20-5-3-6-24(35-43(2,41)42)27(20)37-17-15-36(16-18-37)12-4-13-39-25-11-14-38(28(33)40)19-23(25)26(34-39)21-7-9-22(10-8-21)29(30,31)32/h3,5-10,35H,4,11-19H2,1-2H3,(H2,33,40). The Kier molecular flexibility index (Phi) is 8.61. The van der Waals surface area contributed by atoms with Crippen LogP contribution in [0.25, 0.3) is 11.3 Å². The number of nitrogens with zero attached hydrogens (tertiary/aromatic N) is 5. The molecule has 0 radical (unpaired) electrons. The van der Waals surface area contributed by atoms with Crippen LogP contribution in [0.5, 0.6) is 0 Å². The second kappa shape index (κ2) is 12.1. The summed E-state index contributed by atoms with van der Waals surface area (Å²) in [6.07, 6.45) is -1.91. The number of aryl methyl sites for hydroxylation is 2. The molecule has 0 atom stereocenters. The predicted molar refractivity (Wildman–Crippen MR) is 159 cm³/mol. The molecule has 0 saturated carbocycles. The number of carbonyl (C=O) groups is 1. The Bertz CT molecular complexity index is 1580. The zero-order valence-electron chi connectivity index (χ0n) is 24.2. The van der Waals surface area contributed by atoms with Crippen LogP contribution in [-0.2, 0) is 35.7 Å². The molecular formula is C29H36F3N7O3S. The van der Waals surface area contributed by atoms with Crippen molar-refractivity contribution in [1.29, 1.82) is 0 Å². The van der Waals surface area contributed by atoms with Crippen LogP contribution in [-0.4, -0.2) is 79.6 Å². The maximum absolute atomic E-state index is 13.1. The Balaban J connectivity index is 1.25. The number of nitrogens with one attached hydrogen (secondary N) is 1. The van der Waals surface area contributed by atoms with Gasteiger partial charge in [-0.05, 0) is 37.1 Å². The van der Waals surface area contributed by atoms with Gasteiger partial charge in [0.25, 0.3) is 0 Å². The fourth-order valence-electron chi connectivity index (χ4n) is 5.91. The summed E-state index contributed by atoms with van der Waals surface area (Å²) in [4.78, 5) is 18.0. The summed E-state index contributed by atoms with van der Waals surface area (Å²) in [6, 6.07) is 9.99. The van der Waals surface area contributed by atoms with Crippen LogP contribution in [0.2, 0.25) is 0 Å². The molecule has 43 heavy (non-hydrogen) atoms. The van der Waals surface area contributed by atoms with E-state index in [9.17, 15) is 26.4 Å². The molecule has 5 rings (SSSR count). The van der Waals surface area contributed by atoms with Crippen molar-refractivity contribution in [2.75, 3.05) is 55.1 Å². The van der Waals surface area contributed by atoms with Gasteiger partial charge in [0, 0.05) is 69.1 Å². The summed E-state index contributed by atoms with van der Waals surface area (Å²) in [7, 11) is -3.41. The van der Waals surface area contributed by atoms with Crippen LogP contribution in [0.3, 0.4) is 0 Å². The molecule has 1 aromatic heterocycles. The van der Waals surface area contributed by atoms with E-state index in [1.165, 1.54) is 17.0 Å². The summed E-state index contributed by atoms with van der Waals surface area (Å²) in [5.41, 5.74) is 10.2. The van der Waals surface area contributed by atoms with Gasteiger partial charge in [0.1, 0.15) is 0 Å². The minimum Gasteiger partial charge on any atom is -0.367 e. The summed E-state index contributed by atoms with van der Waals surface area (Å²) < 4.78 is 67.7. The Morgan fingerprint density at radius 2 is 1.72 bits per heavy atom. The fraction of sp³-hybridized carbons (Fsp3) is 0.448. The summed E-state index contributed by atoms with van der Waals surface area (Å²) in [6.45, 7) is 7.27. The highest BCUT2D eigenvalue weighted by atomic mass is 32.2. The average Bonchev–Trinajstić information content (AvgIpc) is 3.30. The number of benzene rings is 2. The van der Waals surface area contributed by atoms with Crippen molar-refractivity contribution in [2.45, 2.75) is 39.0 Å². The maximum atomic E-state index is 13.1. The number of piperazine rings is 1. The third kappa shape index (κ3) is 7.07. The largest absolute Gasteiger partial charge is 0.416 e. The number of rotatable bonds is 8. The Hall–Kier alpha value is -3.78. The van der Waals surface area contributed by atoms with Gasteiger partial charge in [0.15, 0.2) is 0 Å². The minimum atomic E-state index is -4.43. The molecule has 3 aromatic rings. The van der Waals surface area contributed by atoms with Gasteiger partial charge in [0.05, 0.1) is 35.4 Å². The first-order valence-corrected chi connectivity index (χ1v) is 16.0. The van der Waals surface area contributed by atoms with E-state index < -0.39 is 27.8 Å². The number of fused-ring (bicyclic) bond motifs is 1.